The van der Waals surface area contributed by atoms with E-state index in [1.54, 1.807) is 38.5 Å². The predicted octanol–water partition coefficient (Wildman–Crippen LogP) is 15.0. The van der Waals surface area contributed by atoms with Crippen molar-refractivity contribution in [2.24, 2.45) is 0 Å². The first-order valence-electron chi connectivity index (χ1n) is 23.1. The Labute approximate surface area is 412 Å². The molecular formula is C60H66F2O8. The second-order valence-corrected chi connectivity index (χ2v) is 19.7. The number of benzene rings is 6. The monoisotopic (exact) mass is 952 g/mol. The molecule has 70 heavy (non-hydrogen) atoms. The van der Waals surface area contributed by atoms with Crippen molar-refractivity contribution in [2.75, 3.05) is 14.2 Å². The molecule has 0 aromatic heterocycles. The van der Waals surface area contributed by atoms with Gasteiger partial charge < -0.3 is 29.2 Å². The highest BCUT2D eigenvalue weighted by Gasteiger charge is 2.24. The van der Waals surface area contributed by atoms with E-state index in [1.807, 2.05) is 98.8 Å². The first-order valence-corrected chi connectivity index (χ1v) is 23.1. The number of rotatable bonds is 18. The van der Waals surface area contributed by atoms with Crippen molar-refractivity contribution in [3.05, 3.63) is 191 Å². The summed E-state index contributed by atoms with van der Waals surface area (Å²) in [5.41, 5.74) is 9.48. The van der Waals surface area contributed by atoms with E-state index in [1.165, 1.54) is 12.1 Å². The van der Waals surface area contributed by atoms with E-state index >= 15 is 0 Å². The van der Waals surface area contributed by atoms with Crippen LogP contribution in [0.4, 0.5) is 8.78 Å². The van der Waals surface area contributed by atoms with Gasteiger partial charge in [0.2, 0.25) is 0 Å². The van der Waals surface area contributed by atoms with Crippen molar-refractivity contribution in [1.82, 2.24) is 0 Å². The molecule has 0 bridgehead atoms. The minimum Gasteiger partial charge on any atom is -0.497 e. The third-order valence-electron chi connectivity index (χ3n) is 12.0. The standard InChI is InChI=1S/2C30H33FO4/c2*1-19(2)24(17-29(32)33)21-8-10-22(11-9-21)35-18-20-7-13-27(30(3,4)5)25(15-20)26-16-23(34-6)12-14-28(26)31/h2*7-16,24H,1,17-18H2,2-6H3,(H,32,33)/t2*24-/m10/s1. The molecule has 368 valence electrons. The number of aliphatic carboxylic acids is 2. The Bertz CT molecular complexity index is 2600. The SMILES string of the molecule is C=C(C)[C@@H](CC(=O)O)c1ccc(OCc2ccc(C(C)(C)C)c(-c3cc(OC)ccc3F)c2)cc1.C=C(C)[C@H](CC(=O)O)c1ccc(OCc2ccc(C(C)(C)C)c(-c3cc(OC)ccc3F)c2)cc1. The fraction of sp³-hybridized carbons (Fsp3) is 0.300. The number of ether oxygens (including phenoxy) is 4. The molecule has 0 fully saturated rings. The summed E-state index contributed by atoms with van der Waals surface area (Å²) in [6, 6.07) is 36.3. The van der Waals surface area contributed by atoms with Crippen molar-refractivity contribution >= 4 is 11.9 Å². The van der Waals surface area contributed by atoms with Gasteiger partial charge in [0.25, 0.3) is 0 Å². The second kappa shape index (κ2) is 23.4. The molecule has 0 amide bonds. The van der Waals surface area contributed by atoms with Gasteiger partial charge in [-0.15, -0.1) is 0 Å². The lowest BCUT2D eigenvalue weighted by atomic mass is 9.81. The van der Waals surface area contributed by atoms with Crippen LogP contribution in [-0.4, -0.2) is 36.4 Å². The van der Waals surface area contributed by atoms with Crippen LogP contribution < -0.4 is 18.9 Å². The smallest absolute Gasteiger partial charge is 0.304 e. The molecule has 0 saturated carbocycles. The van der Waals surface area contributed by atoms with Crippen LogP contribution in [0.25, 0.3) is 22.3 Å². The van der Waals surface area contributed by atoms with Crippen molar-refractivity contribution in [3.8, 4) is 45.3 Å². The van der Waals surface area contributed by atoms with E-state index in [0.29, 0.717) is 47.3 Å². The zero-order valence-electron chi connectivity index (χ0n) is 42.0. The molecule has 6 aromatic rings. The Kier molecular flexibility index (Phi) is 18.0. The van der Waals surface area contributed by atoms with Crippen LogP contribution in [0, 0.1) is 11.6 Å². The van der Waals surface area contributed by atoms with Crippen LogP contribution in [0.2, 0.25) is 0 Å². The van der Waals surface area contributed by atoms with Gasteiger partial charge in [-0.3, -0.25) is 9.59 Å². The molecule has 6 rings (SSSR count). The van der Waals surface area contributed by atoms with Crippen molar-refractivity contribution in [3.63, 3.8) is 0 Å². The van der Waals surface area contributed by atoms with Gasteiger partial charge in [-0.05, 0) is 142 Å². The number of carboxylic acids is 2. The van der Waals surface area contributed by atoms with E-state index in [0.717, 1.165) is 55.7 Å². The lowest BCUT2D eigenvalue weighted by Crippen LogP contribution is -2.13. The number of hydrogen-bond donors (Lipinski definition) is 2. The normalized spacial score (nSPS) is 12.2. The highest BCUT2D eigenvalue weighted by Crippen LogP contribution is 2.39. The summed E-state index contributed by atoms with van der Waals surface area (Å²) >= 11 is 0. The second-order valence-electron chi connectivity index (χ2n) is 19.7. The molecule has 8 nitrogen and oxygen atoms in total. The minimum absolute atomic E-state index is 0.000724. The van der Waals surface area contributed by atoms with E-state index in [-0.39, 0.29) is 47.1 Å². The van der Waals surface area contributed by atoms with Gasteiger partial charge in [0.05, 0.1) is 27.1 Å². The Morgan fingerprint density at radius 1 is 0.500 bits per heavy atom. The molecular weight excluding hydrogens is 887 g/mol. The molecule has 2 atom stereocenters. The molecule has 0 aliphatic heterocycles. The third kappa shape index (κ3) is 14.4. The van der Waals surface area contributed by atoms with Gasteiger partial charge >= 0.3 is 11.9 Å². The van der Waals surface area contributed by atoms with Gasteiger partial charge in [0.15, 0.2) is 0 Å². The van der Waals surface area contributed by atoms with Gasteiger partial charge in [-0.25, -0.2) is 8.78 Å². The van der Waals surface area contributed by atoms with Crippen molar-refractivity contribution in [2.45, 2.75) is 104 Å². The largest absolute Gasteiger partial charge is 0.497 e. The van der Waals surface area contributed by atoms with E-state index in [9.17, 15) is 28.6 Å². The van der Waals surface area contributed by atoms with Crippen LogP contribution in [0.5, 0.6) is 23.0 Å². The number of halogens is 2. The first-order chi connectivity index (χ1) is 33.0. The third-order valence-corrected chi connectivity index (χ3v) is 12.0. The molecule has 0 heterocycles. The summed E-state index contributed by atoms with van der Waals surface area (Å²) in [7, 11) is 3.13. The minimum atomic E-state index is -0.861. The average Bonchev–Trinajstić information content (AvgIpc) is 3.31. The van der Waals surface area contributed by atoms with E-state index in [4.69, 9.17) is 18.9 Å². The van der Waals surface area contributed by atoms with Gasteiger partial charge in [-0.1, -0.05) is 114 Å². The summed E-state index contributed by atoms with van der Waals surface area (Å²) in [4.78, 5) is 22.4. The number of hydrogen-bond acceptors (Lipinski definition) is 6. The highest BCUT2D eigenvalue weighted by atomic mass is 19.1. The fourth-order valence-corrected chi connectivity index (χ4v) is 8.22. The molecule has 2 N–H and O–H groups in total. The molecule has 0 aliphatic carbocycles. The van der Waals surface area contributed by atoms with Gasteiger partial charge in [0, 0.05) is 23.0 Å². The summed E-state index contributed by atoms with van der Waals surface area (Å²) < 4.78 is 52.4. The zero-order chi connectivity index (χ0) is 51.5. The van der Waals surface area contributed by atoms with Crippen molar-refractivity contribution in [1.29, 1.82) is 0 Å². The summed E-state index contributed by atoms with van der Waals surface area (Å²) in [6.07, 6.45) is -0.00145. The van der Waals surface area contributed by atoms with Crippen LogP contribution in [-0.2, 0) is 33.6 Å². The van der Waals surface area contributed by atoms with Crippen LogP contribution in [0.1, 0.15) is 113 Å². The summed E-state index contributed by atoms with van der Waals surface area (Å²) in [5, 5.41) is 18.4. The molecule has 6 aromatic carbocycles. The maximum Gasteiger partial charge on any atom is 0.304 e. The van der Waals surface area contributed by atoms with Gasteiger partial charge in [0.1, 0.15) is 47.8 Å². The summed E-state index contributed by atoms with van der Waals surface area (Å²) in [5.74, 6) is -0.300. The zero-order valence-corrected chi connectivity index (χ0v) is 42.0. The predicted molar refractivity (Wildman–Crippen MR) is 275 cm³/mol. The fourth-order valence-electron chi connectivity index (χ4n) is 8.22. The Hall–Kier alpha value is -7.20. The van der Waals surface area contributed by atoms with Gasteiger partial charge in [-0.2, -0.15) is 0 Å². The Morgan fingerprint density at radius 3 is 1.11 bits per heavy atom. The first kappa shape index (κ1) is 53.8. The highest BCUT2D eigenvalue weighted by molar-refractivity contribution is 5.73. The Balaban J connectivity index is 0.000000261. The summed E-state index contributed by atoms with van der Waals surface area (Å²) in [6.45, 7) is 24.8. The van der Waals surface area contributed by atoms with E-state index in [2.05, 4.69) is 54.7 Å². The number of carbonyl (C=O) groups is 2. The molecule has 0 radical (unpaired) electrons. The quantitative estimate of drug-likeness (QED) is 0.0820. The molecule has 0 spiro atoms. The lowest BCUT2D eigenvalue weighted by molar-refractivity contribution is -0.138. The van der Waals surface area contributed by atoms with E-state index < -0.39 is 11.9 Å². The topological polar surface area (TPSA) is 112 Å². The maximum absolute atomic E-state index is 14.9. The molecule has 0 saturated heterocycles. The van der Waals surface area contributed by atoms with Crippen LogP contribution in [0.15, 0.2) is 146 Å². The van der Waals surface area contributed by atoms with Crippen molar-refractivity contribution < 1.29 is 47.5 Å². The number of allylic oxidation sites excluding steroid dienone is 2. The number of methoxy groups -OCH3 is 2. The molecule has 0 unspecified atom stereocenters. The average molecular weight is 953 g/mol. The molecule has 10 heteroatoms. The Morgan fingerprint density at radius 2 is 0.829 bits per heavy atom. The maximum atomic E-state index is 14.9. The lowest BCUT2D eigenvalue weighted by Gasteiger charge is -2.24. The van der Waals surface area contributed by atoms with Crippen LogP contribution >= 0.6 is 0 Å². The molecule has 0 aliphatic rings. The number of carboxylic acid groups (broad SMARTS) is 2. The van der Waals surface area contributed by atoms with Crippen LogP contribution in [0.3, 0.4) is 0 Å².